The molecular weight excluding hydrogens is 1140 g/mol. The molecule has 0 unspecified atom stereocenters. The van der Waals surface area contributed by atoms with E-state index >= 15 is 0 Å². The van der Waals surface area contributed by atoms with Gasteiger partial charge in [-0.05, 0) is 52.4 Å². The summed E-state index contributed by atoms with van der Waals surface area (Å²) in [7, 11) is 0. The number of nitrogens with one attached hydrogen (secondary N) is 11. The van der Waals surface area contributed by atoms with Crippen molar-refractivity contribution >= 4 is 107 Å². The number of urea groups is 3. The number of amides is 14. The second-order valence-electron chi connectivity index (χ2n) is 19.6. The number of nitrogens with two attached hydrogens (primary N) is 1. The van der Waals surface area contributed by atoms with Crippen molar-refractivity contribution in [1.29, 1.82) is 0 Å². The summed E-state index contributed by atoms with van der Waals surface area (Å²) in [6.07, 6.45) is 2.73. The standard InChI is InChI=1S/2C16H24N6O6.C12H17N3O7.C4H9N3.CH4/c2*1-9(14(26)27)7-19-12(24)8-22-13(25)10(20-16(22)28)3-4-11(23)21-15-17-5-2-6-18-15;1-6(11(20)21)4-13-8(16)5-15-10(19)7(14-12(15)22)2-3-9(17)18;5-4-6-2-1-3-7-4;/h2*9-10H,2-8H2,1H3,(H,19,24)(H,20,28)(H,26,27)(H2,17,18,21,23);6-7H,2-5H2,1H3,(H,13,16)(H,14,22)(H,17,18)(H,20,21);1-3H2,(H3,5,6,7);1H4/p+2/t2*9-,10-;6-,7-;;/m000../s1. The highest BCUT2D eigenvalue weighted by atomic mass is 16.4. The van der Waals surface area contributed by atoms with E-state index in [2.05, 4.69) is 73.5 Å². The molecule has 0 aromatic carbocycles. The maximum Gasteiger partial charge on any atom is 0.520 e. The molecule has 6 atom stereocenters. The molecule has 478 valence electrons. The number of aliphatic imine (C=N–C) groups is 3. The molecule has 0 bridgehead atoms. The second kappa shape index (κ2) is 36.8. The topological polar surface area (TPSA) is 547 Å². The molecule has 0 aliphatic carbocycles. The number of carbonyl (C=O) groups excluding carboxylic acids is 13. The van der Waals surface area contributed by atoms with Crippen LogP contribution in [0, 0.1) is 17.8 Å². The molecule has 3 fully saturated rings. The Bertz CT molecular complexity index is 2500. The average molecular weight is 1230 g/mol. The van der Waals surface area contributed by atoms with Crippen LogP contribution >= 0.6 is 0 Å². The van der Waals surface area contributed by atoms with Crippen LogP contribution in [0.1, 0.15) is 86.0 Å². The van der Waals surface area contributed by atoms with Gasteiger partial charge in [-0.2, -0.15) is 0 Å². The molecule has 6 heterocycles. The van der Waals surface area contributed by atoms with Crippen molar-refractivity contribution in [3.63, 3.8) is 0 Å². The number of carbonyl (C=O) groups is 15. The molecule has 0 spiro atoms. The van der Waals surface area contributed by atoms with Crippen LogP contribution in [0.4, 0.5) is 14.4 Å². The van der Waals surface area contributed by atoms with Gasteiger partial charge < -0.3 is 74.0 Å². The molecule has 0 saturated carbocycles. The first-order valence-electron chi connectivity index (χ1n) is 27.0. The molecule has 6 aliphatic rings. The van der Waals surface area contributed by atoms with Crippen LogP contribution in [0.3, 0.4) is 0 Å². The van der Waals surface area contributed by atoms with Gasteiger partial charge in [0, 0.05) is 87.8 Å². The van der Waals surface area contributed by atoms with E-state index in [9.17, 15) is 71.9 Å². The zero-order chi connectivity index (χ0) is 63.3. The van der Waals surface area contributed by atoms with Gasteiger partial charge in [-0.15, -0.1) is 0 Å². The minimum absolute atomic E-state index is 0. The number of guanidine groups is 3. The van der Waals surface area contributed by atoms with Gasteiger partial charge in [-0.3, -0.25) is 88.3 Å². The van der Waals surface area contributed by atoms with Gasteiger partial charge in [-0.1, -0.05) is 14.4 Å². The lowest BCUT2D eigenvalue weighted by molar-refractivity contribution is -0.142. The highest BCUT2D eigenvalue weighted by molar-refractivity contribution is 6.08. The molecule has 6 rings (SSSR count). The molecule has 37 nitrogen and oxygen atoms in total. The monoisotopic (exact) mass is 1220 g/mol. The fraction of sp³-hybridized carbons (Fsp3) is 0.633. The number of rotatable bonds is 24. The van der Waals surface area contributed by atoms with Crippen molar-refractivity contribution in [2.75, 3.05) is 78.5 Å². The number of carboxylic acid groups (broad SMARTS) is 2. The third kappa shape index (κ3) is 25.8. The molecule has 0 aromatic heterocycles. The van der Waals surface area contributed by atoms with E-state index in [1.54, 1.807) is 0 Å². The summed E-state index contributed by atoms with van der Waals surface area (Å²) in [6.45, 7) is 7.19. The molecule has 0 aromatic rings. The number of aliphatic carboxylic acids is 2. The summed E-state index contributed by atoms with van der Waals surface area (Å²) in [6, 6.07) is -4.94. The molecule has 86 heavy (non-hydrogen) atoms. The van der Waals surface area contributed by atoms with Gasteiger partial charge in [0.2, 0.25) is 29.5 Å². The fourth-order valence-corrected chi connectivity index (χ4v) is 7.43. The number of hydrogen-bond acceptors (Lipinski definition) is 22. The Morgan fingerprint density at radius 2 is 0.849 bits per heavy atom. The summed E-state index contributed by atoms with van der Waals surface area (Å²) in [5, 5.41) is 59.5. The predicted molar refractivity (Wildman–Crippen MR) is 301 cm³/mol. The summed E-state index contributed by atoms with van der Waals surface area (Å²) in [4.78, 5) is 188. The first kappa shape index (κ1) is 72.4. The summed E-state index contributed by atoms with van der Waals surface area (Å²) < 4.78 is 0. The van der Waals surface area contributed by atoms with E-state index < -0.39 is 133 Å². The molecule has 3 saturated heterocycles. The maximum atomic E-state index is 12.3. The Hall–Kier alpha value is -9.74. The van der Waals surface area contributed by atoms with Crippen molar-refractivity contribution in [2.45, 2.75) is 104 Å². The predicted octanol–water partition coefficient (Wildman–Crippen LogP) is -7.15. The van der Waals surface area contributed by atoms with E-state index in [1.165, 1.54) is 20.8 Å². The molecule has 6 aliphatic heterocycles. The van der Waals surface area contributed by atoms with Gasteiger partial charge in [0.25, 0.3) is 17.7 Å². The van der Waals surface area contributed by atoms with Crippen LogP contribution in [0.5, 0.6) is 0 Å². The van der Waals surface area contributed by atoms with Crippen LogP contribution in [0.15, 0.2) is 15.0 Å². The van der Waals surface area contributed by atoms with E-state index in [1.807, 2.05) is 0 Å². The Morgan fingerprint density at radius 3 is 1.12 bits per heavy atom. The van der Waals surface area contributed by atoms with Gasteiger partial charge in [0.05, 0.1) is 5.92 Å². The average Bonchev–Trinajstić information content (AvgIpc) is 4.01. The zero-order valence-electron chi connectivity index (χ0n) is 47.1. The van der Waals surface area contributed by atoms with E-state index in [0.717, 1.165) is 55.2 Å². The molecular formula is C49H80N18O19+2. The zero-order valence-corrected chi connectivity index (χ0v) is 47.1. The third-order valence-electron chi connectivity index (χ3n) is 12.6. The Labute approximate surface area is 492 Å². The van der Waals surface area contributed by atoms with Crippen LogP contribution < -0.4 is 64.2 Å². The summed E-state index contributed by atoms with van der Waals surface area (Å²) in [5.74, 6) is -9.00. The lowest BCUT2D eigenvalue weighted by atomic mass is 10.1. The van der Waals surface area contributed by atoms with Crippen molar-refractivity contribution in [3.05, 3.63) is 0 Å². The Kier molecular flexibility index (Phi) is 30.9. The van der Waals surface area contributed by atoms with Gasteiger partial charge in [-0.25, -0.2) is 14.4 Å². The number of hydrogen-bond donors (Lipinski definition) is 14. The lowest BCUT2D eigenvalue weighted by Gasteiger charge is -2.15. The normalized spacial score (nSPS) is 19.5. The van der Waals surface area contributed by atoms with E-state index in [4.69, 9.17) is 26.2 Å². The minimum Gasteiger partial charge on any atom is -0.564 e. The van der Waals surface area contributed by atoms with Gasteiger partial charge >= 0.3 is 42.0 Å². The van der Waals surface area contributed by atoms with E-state index in [-0.39, 0.29) is 77.4 Å². The second-order valence-corrected chi connectivity index (χ2v) is 19.6. The third-order valence-corrected chi connectivity index (χ3v) is 12.6. The van der Waals surface area contributed by atoms with Crippen molar-refractivity contribution in [2.24, 2.45) is 38.5 Å². The lowest BCUT2D eigenvalue weighted by Crippen LogP contribution is -2.44. The molecule has 19 N–H and O–H groups in total. The molecule has 14 amide bonds. The minimum atomic E-state index is -1.09. The number of imide groups is 3. The van der Waals surface area contributed by atoms with Crippen LogP contribution in [-0.2, 0) is 57.5 Å². The van der Waals surface area contributed by atoms with Crippen molar-refractivity contribution in [3.8, 4) is 0 Å². The fourth-order valence-electron chi connectivity index (χ4n) is 7.43. The van der Waals surface area contributed by atoms with Crippen LogP contribution in [0.2, 0.25) is 0 Å². The molecule has 37 heteroatoms. The first-order valence-corrected chi connectivity index (χ1v) is 27.0. The van der Waals surface area contributed by atoms with Crippen molar-refractivity contribution < 1.29 is 92.3 Å². The van der Waals surface area contributed by atoms with Crippen LogP contribution in [0.25, 0.3) is 0 Å². The molecule has 0 radical (unpaired) electrons. The quantitative estimate of drug-likeness (QED) is 0.0315. The van der Waals surface area contributed by atoms with E-state index in [0.29, 0.717) is 35.9 Å². The van der Waals surface area contributed by atoms with Gasteiger partial charge in [0.15, 0.2) is 17.9 Å². The Morgan fingerprint density at radius 1 is 0.523 bits per heavy atom. The first-order chi connectivity index (χ1) is 40.2. The largest absolute Gasteiger partial charge is 0.564 e. The summed E-state index contributed by atoms with van der Waals surface area (Å²) >= 11 is 0. The highest BCUT2D eigenvalue weighted by Crippen LogP contribution is 2.14. The number of carboxylic acids is 2. The summed E-state index contributed by atoms with van der Waals surface area (Å²) in [5.41, 5.74) is 5.27. The number of nitrogens with zero attached hydrogens (tertiary/aromatic N) is 6. The van der Waals surface area contributed by atoms with Crippen LogP contribution in [-0.4, -0.2) is 239 Å². The SMILES string of the molecule is C.C[C@@H](CNC(=O)CN1C(=O)N[C@@H](CCC(=O)NC2=NCCCN2)C1=O)C(=O)O.C[C@@H](CNC(=O)CN1C(=O)N[C@@H](CCC(=O)NC2=NCCCN2)C1=O)C(=O)[OH2+].C[C@@H](CNC(=O)CN1C(=O)N[C@@H](CCC(=O)O)C1=O)C(=O)[OH2+].NC1=NCCCN1. The smallest absolute Gasteiger partial charge is 0.520 e. The van der Waals surface area contributed by atoms with Crippen molar-refractivity contribution in [1.82, 2.24) is 73.2 Å². The van der Waals surface area contributed by atoms with Gasteiger partial charge in [0.1, 0.15) is 49.6 Å². The Balaban J connectivity index is 0.000000415. The highest BCUT2D eigenvalue weighted by Gasteiger charge is 2.41. The maximum absolute atomic E-state index is 12.3.